The standard InChI is InChI=1S/C20H22N4O4S/c1-24-19(16-7-5-6-8-17(16)28-4)22-23-20(24)29-12-18(25)21-13-9-14(26-2)11-15(10-13)27-3/h5-11H,12H2,1-4H3,(H,21,25). The number of thioether (sulfide) groups is 1. The average Bonchev–Trinajstić information content (AvgIpc) is 3.11. The minimum absolute atomic E-state index is 0.174. The van der Waals surface area contributed by atoms with Gasteiger partial charge in [0, 0.05) is 30.9 Å². The lowest BCUT2D eigenvalue weighted by molar-refractivity contribution is -0.113. The van der Waals surface area contributed by atoms with Crippen LogP contribution in [0.4, 0.5) is 5.69 Å². The second-order valence-electron chi connectivity index (χ2n) is 6.00. The summed E-state index contributed by atoms with van der Waals surface area (Å²) < 4.78 is 17.7. The van der Waals surface area contributed by atoms with E-state index in [0.29, 0.717) is 33.9 Å². The van der Waals surface area contributed by atoms with Gasteiger partial charge in [-0.05, 0) is 12.1 Å². The molecule has 1 heterocycles. The van der Waals surface area contributed by atoms with E-state index in [1.165, 1.54) is 11.8 Å². The number of para-hydroxylation sites is 1. The summed E-state index contributed by atoms with van der Waals surface area (Å²) in [5.41, 5.74) is 1.43. The lowest BCUT2D eigenvalue weighted by atomic mass is 10.2. The van der Waals surface area contributed by atoms with Crippen molar-refractivity contribution in [3.05, 3.63) is 42.5 Å². The molecule has 0 spiro atoms. The molecule has 1 N–H and O–H groups in total. The van der Waals surface area contributed by atoms with Gasteiger partial charge in [-0.3, -0.25) is 4.79 Å². The first-order valence-electron chi connectivity index (χ1n) is 8.74. The molecule has 0 fully saturated rings. The second kappa shape index (κ2) is 9.33. The molecule has 8 nitrogen and oxygen atoms in total. The van der Waals surface area contributed by atoms with Crippen LogP contribution in [-0.2, 0) is 11.8 Å². The van der Waals surface area contributed by atoms with E-state index in [-0.39, 0.29) is 11.7 Å². The van der Waals surface area contributed by atoms with Crippen LogP contribution < -0.4 is 19.5 Å². The summed E-state index contributed by atoms with van der Waals surface area (Å²) in [6.07, 6.45) is 0. The van der Waals surface area contributed by atoms with Crippen molar-refractivity contribution in [2.75, 3.05) is 32.4 Å². The van der Waals surface area contributed by atoms with E-state index >= 15 is 0 Å². The molecule has 2 aromatic carbocycles. The van der Waals surface area contributed by atoms with Gasteiger partial charge in [-0.15, -0.1) is 10.2 Å². The molecule has 3 rings (SSSR count). The van der Waals surface area contributed by atoms with E-state index in [1.54, 1.807) is 39.5 Å². The molecule has 0 aliphatic heterocycles. The van der Waals surface area contributed by atoms with Gasteiger partial charge in [0.25, 0.3) is 0 Å². The Morgan fingerprint density at radius 1 is 1.03 bits per heavy atom. The fraction of sp³-hybridized carbons (Fsp3) is 0.250. The largest absolute Gasteiger partial charge is 0.497 e. The van der Waals surface area contributed by atoms with E-state index in [1.807, 2.05) is 35.9 Å². The maximum Gasteiger partial charge on any atom is 0.234 e. The number of methoxy groups -OCH3 is 3. The highest BCUT2D eigenvalue weighted by Crippen LogP contribution is 2.30. The zero-order chi connectivity index (χ0) is 20.8. The van der Waals surface area contributed by atoms with Gasteiger partial charge in [0.2, 0.25) is 5.91 Å². The van der Waals surface area contributed by atoms with Gasteiger partial charge in [-0.2, -0.15) is 0 Å². The molecule has 0 aliphatic rings. The fourth-order valence-electron chi connectivity index (χ4n) is 2.71. The smallest absolute Gasteiger partial charge is 0.234 e. The maximum absolute atomic E-state index is 12.4. The lowest BCUT2D eigenvalue weighted by Gasteiger charge is -2.10. The van der Waals surface area contributed by atoms with E-state index in [2.05, 4.69) is 15.5 Å². The number of rotatable bonds is 8. The van der Waals surface area contributed by atoms with Gasteiger partial charge in [-0.1, -0.05) is 23.9 Å². The first-order chi connectivity index (χ1) is 14.0. The Bertz CT molecular complexity index is 984. The summed E-state index contributed by atoms with van der Waals surface area (Å²) >= 11 is 1.30. The van der Waals surface area contributed by atoms with E-state index in [4.69, 9.17) is 14.2 Å². The normalized spacial score (nSPS) is 10.5. The number of nitrogens with zero attached hydrogens (tertiary/aromatic N) is 3. The number of ether oxygens (including phenoxy) is 3. The third-order valence-electron chi connectivity index (χ3n) is 4.15. The fourth-order valence-corrected chi connectivity index (χ4v) is 3.42. The Labute approximate surface area is 173 Å². The number of carbonyl (C=O) groups is 1. The van der Waals surface area contributed by atoms with Crippen LogP contribution >= 0.6 is 11.8 Å². The quantitative estimate of drug-likeness (QED) is 0.566. The Morgan fingerprint density at radius 3 is 2.38 bits per heavy atom. The van der Waals surface area contributed by atoms with Crippen molar-refractivity contribution in [3.63, 3.8) is 0 Å². The first-order valence-corrected chi connectivity index (χ1v) is 9.72. The van der Waals surface area contributed by atoms with Gasteiger partial charge in [0.05, 0.1) is 32.6 Å². The summed E-state index contributed by atoms with van der Waals surface area (Å²) in [6, 6.07) is 12.8. The summed E-state index contributed by atoms with van der Waals surface area (Å²) in [5.74, 6) is 2.58. The molecule has 0 saturated carbocycles. The molecule has 0 atom stereocenters. The molecule has 0 bridgehead atoms. The number of carbonyl (C=O) groups excluding carboxylic acids is 1. The van der Waals surface area contributed by atoms with Crippen molar-refractivity contribution in [1.29, 1.82) is 0 Å². The van der Waals surface area contributed by atoms with Gasteiger partial charge in [-0.25, -0.2) is 0 Å². The molecule has 3 aromatic rings. The highest BCUT2D eigenvalue weighted by atomic mass is 32.2. The Morgan fingerprint density at radius 2 is 1.72 bits per heavy atom. The van der Waals surface area contributed by atoms with Crippen LogP contribution in [0.2, 0.25) is 0 Å². The van der Waals surface area contributed by atoms with Crippen molar-refractivity contribution in [2.24, 2.45) is 7.05 Å². The Balaban J connectivity index is 1.68. The van der Waals surface area contributed by atoms with Crippen molar-refractivity contribution in [1.82, 2.24) is 14.8 Å². The third kappa shape index (κ3) is 4.80. The molecular formula is C20H22N4O4S. The van der Waals surface area contributed by atoms with Crippen LogP contribution in [0.1, 0.15) is 0 Å². The molecule has 0 unspecified atom stereocenters. The molecule has 29 heavy (non-hydrogen) atoms. The number of amides is 1. The van der Waals surface area contributed by atoms with Gasteiger partial charge >= 0.3 is 0 Å². The molecule has 1 amide bonds. The number of hydrogen-bond acceptors (Lipinski definition) is 7. The summed E-state index contributed by atoms with van der Waals surface area (Å²) in [6.45, 7) is 0. The van der Waals surface area contributed by atoms with Crippen LogP contribution in [0.5, 0.6) is 17.2 Å². The lowest BCUT2D eigenvalue weighted by Crippen LogP contribution is -2.14. The van der Waals surface area contributed by atoms with Crippen molar-refractivity contribution < 1.29 is 19.0 Å². The number of aromatic nitrogens is 3. The number of benzene rings is 2. The average molecular weight is 414 g/mol. The van der Waals surface area contributed by atoms with Crippen LogP contribution in [-0.4, -0.2) is 47.8 Å². The summed E-state index contributed by atoms with van der Waals surface area (Å²) in [5, 5.41) is 11.9. The predicted molar refractivity (Wildman–Crippen MR) is 112 cm³/mol. The molecule has 1 aromatic heterocycles. The van der Waals surface area contributed by atoms with Crippen LogP contribution in [0, 0.1) is 0 Å². The van der Waals surface area contributed by atoms with E-state index in [9.17, 15) is 4.79 Å². The van der Waals surface area contributed by atoms with Crippen LogP contribution in [0.3, 0.4) is 0 Å². The number of anilines is 1. The topological polar surface area (TPSA) is 87.5 Å². The molecule has 0 radical (unpaired) electrons. The highest BCUT2D eigenvalue weighted by molar-refractivity contribution is 7.99. The highest BCUT2D eigenvalue weighted by Gasteiger charge is 2.16. The van der Waals surface area contributed by atoms with Crippen molar-refractivity contribution >= 4 is 23.4 Å². The summed E-state index contributed by atoms with van der Waals surface area (Å²) in [4.78, 5) is 12.4. The van der Waals surface area contributed by atoms with Gasteiger partial charge < -0.3 is 24.1 Å². The molecule has 0 saturated heterocycles. The van der Waals surface area contributed by atoms with Gasteiger partial charge in [0.1, 0.15) is 17.2 Å². The minimum Gasteiger partial charge on any atom is -0.497 e. The monoisotopic (exact) mass is 414 g/mol. The molecule has 0 aliphatic carbocycles. The number of nitrogens with one attached hydrogen (secondary N) is 1. The number of hydrogen-bond donors (Lipinski definition) is 1. The SMILES string of the molecule is COc1cc(NC(=O)CSc2nnc(-c3ccccc3OC)n2C)cc(OC)c1. The predicted octanol–water partition coefficient (Wildman–Crippen LogP) is 3.24. The van der Waals surface area contributed by atoms with Crippen molar-refractivity contribution in [3.8, 4) is 28.6 Å². The first kappa shape index (κ1) is 20.5. The van der Waals surface area contributed by atoms with E-state index < -0.39 is 0 Å². The zero-order valence-corrected chi connectivity index (χ0v) is 17.4. The minimum atomic E-state index is -0.174. The zero-order valence-electron chi connectivity index (χ0n) is 16.6. The molecule has 9 heteroatoms. The van der Waals surface area contributed by atoms with Gasteiger partial charge in [0.15, 0.2) is 11.0 Å². The van der Waals surface area contributed by atoms with Crippen molar-refractivity contribution in [2.45, 2.75) is 5.16 Å². The van der Waals surface area contributed by atoms with Crippen LogP contribution in [0.15, 0.2) is 47.6 Å². The third-order valence-corrected chi connectivity index (χ3v) is 5.17. The molecular weight excluding hydrogens is 392 g/mol. The summed E-state index contributed by atoms with van der Waals surface area (Å²) in [7, 11) is 6.59. The second-order valence-corrected chi connectivity index (χ2v) is 6.95. The van der Waals surface area contributed by atoms with Crippen LogP contribution in [0.25, 0.3) is 11.4 Å². The van der Waals surface area contributed by atoms with E-state index in [0.717, 1.165) is 5.56 Å². The Hall–Kier alpha value is -3.20. The Kier molecular flexibility index (Phi) is 6.61. The maximum atomic E-state index is 12.4. The molecule has 152 valence electrons.